The second-order valence-corrected chi connectivity index (χ2v) is 5.32. The lowest BCUT2D eigenvalue weighted by atomic mass is 9.73. The lowest BCUT2D eigenvalue weighted by Crippen LogP contribution is -2.33. The van der Waals surface area contributed by atoms with Gasteiger partial charge in [0.1, 0.15) is 11.5 Å². The Kier molecular flexibility index (Phi) is 3.53. The van der Waals surface area contributed by atoms with E-state index >= 15 is 0 Å². The number of rotatable bonds is 3. The van der Waals surface area contributed by atoms with Gasteiger partial charge >= 0.3 is 0 Å². The van der Waals surface area contributed by atoms with E-state index in [-0.39, 0.29) is 0 Å². The van der Waals surface area contributed by atoms with E-state index in [9.17, 15) is 5.26 Å². The molecule has 0 radical (unpaired) electrons. The summed E-state index contributed by atoms with van der Waals surface area (Å²) in [6, 6.07) is 18.3. The molecule has 1 atom stereocenters. The summed E-state index contributed by atoms with van der Waals surface area (Å²) >= 11 is 0. The standard InChI is InChI=1S/C18H17NO2/c1-20-15-6-4-5-14(11-15)12-18(13-19)9-10-21-17-8-3-2-7-16(17)18/h2-8,11H,9-10,12H2,1H3. The summed E-state index contributed by atoms with van der Waals surface area (Å²) in [7, 11) is 1.66. The van der Waals surface area contributed by atoms with Crippen molar-refractivity contribution in [2.75, 3.05) is 13.7 Å². The SMILES string of the molecule is COc1cccc(CC2(C#N)CCOc3ccccc32)c1. The van der Waals surface area contributed by atoms with Gasteiger partial charge in [0.2, 0.25) is 0 Å². The molecule has 1 heterocycles. The molecule has 0 N–H and O–H groups in total. The molecule has 3 heteroatoms. The molecule has 2 aromatic carbocycles. The fourth-order valence-corrected chi connectivity index (χ4v) is 2.93. The molecule has 0 spiro atoms. The third kappa shape index (κ3) is 2.45. The zero-order chi connectivity index (χ0) is 14.7. The molecule has 0 amide bonds. The minimum atomic E-state index is -0.527. The summed E-state index contributed by atoms with van der Waals surface area (Å²) in [5.41, 5.74) is 1.57. The molecule has 1 unspecified atom stereocenters. The monoisotopic (exact) mass is 279 g/mol. The van der Waals surface area contributed by atoms with Crippen LogP contribution in [0.5, 0.6) is 11.5 Å². The molecular weight excluding hydrogens is 262 g/mol. The maximum absolute atomic E-state index is 9.84. The lowest BCUT2D eigenvalue weighted by Gasteiger charge is -2.33. The molecule has 106 valence electrons. The molecule has 0 saturated carbocycles. The van der Waals surface area contributed by atoms with Crippen molar-refractivity contribution in [2.45, 2.75) is 18.3 Å². The van der Waals surface area contributed by atoms with E-state index in [4.69, 9.17) is 9.47 Å². The second kappa shape index (κ2) is 5.49. The first-order chi connectivity index (χ1) is 10.3. The predicted octanol–water partition coefficient (Wildman–Crippen LogP) is 3.48. The molecule has 2 aromatic rings. The van der Waals surface area contributed by atoms with Gasteiger partial charge in [-0.15, -0.1) is 0 Å². The summed E-state index contributed by atoms with van der Waals surface area (Å²) in [6.45, 7) is 0.578. The van der Waals surface area contributed by atoms with Gasteiger partial charge in [-0.05, 0) is 30.2 Å². The first-order valence-electron chi connectivity index (χ1n) is 7.04. The van der Waals surface area contributed by atoms with Gasteiger partial charge in [-0.3, -0.25) is 0 Å². The first-order valence-corrected chi connectivity index (χ1v) is 7.04. The Balaban J connectivity index is 2.01. The smallest absolute Gasteiger partial charge is 0.124 e. The third-order valence-electron chi connectivity index (χ3n) is 4.04. The van der Waals surface area contributed by atoms with Gasteiger partial charge in [-0.2, -0.15) is 5.26 Å². The van der Waals surface area contributed by atoms with Crippen LogP contribution >= 0.6 is 0 Å². The number of ether oxygens (including phenoxy) is 2. The fourth-order valence-electron chi connectivity index (χ4n) is 2.93. The van der Waals surface area contributed by atoms with Gasteiger partial charge < -0.3 is 9.47 Å². The average molecular weight is 279 g/mol. The van der Waals surface area contributed by atoms with Crippen molar-refractivity contribution in [2.24, 2.45) is 0 Å². The number of hydrogen-bond donors (Lipinski definition) is 0. The Labute approximate surface area is 124 Å². The van der Waals surface area contributed by atoms with E-state index in [2.05, 4.69) is 6.07 Å². The van der Waals surface area contributed by atoms with Crippen LogP contribution in [-0.2, 0) is 11.8 Å². The van der Waals surface area contributed by atoms with Gasteiger partial charge in [0, 0.05) is 12.0 Å². The van der Waals surface area contributed by atoms with Crippen molar-refractivity contribution >= 4 is 0 Å². The van der Waals surface area contributed by atoms with E-state index in [1.165, 1.54) is 0 Å². The zero-order valence-corrected chi connectivity index (χ0v) is 12.0. The molecule has 0 aromatic heterocycles. The van der Waals surface area contributed by atoms with E-state index < -0.39 is 5.41 Å². The minimum absolute atomic E-state index is 0.527. The molecule has 3 rings (SSSR count). The Morgan fingerprint density at radius 2 is 2.10 bits per heavy atom. The minimum Gasteiger partial charge on any atom is -0.497 e. The lowest BCUT2D eigenvalue weighted by molar-refractivity contribution is 0.241. The highest BCUT2D eigenvalue weighted by Gasteiger charge is 2.38. The van der Waals surface area contributed by atoms with Crippen LogP contribution in [-0.4, -0.2) is 13.7 Å². The third-order valence-corrected chi connectivity index (χ3v) is 4.04. The Hall–Kier alpha value is -2.47. The summed E-state index contributed by atoms with van der Waals surface area (Å²) in [5.74, 6) is 1.65. The van der Waals surface area contributed by atoms with Crippen LogP contribution in [0, 0.1) is 11.3 Å². The second-order valence-electron chi connectivity index (χ2n) is 5.32. The highest BCUT2D eigenvalue weighted by Crippen LogP contribution is 2.40. The maximum Gasteiger partial charge on any atom is 0.124 e. The molecule has 1 aliphatic heterocycles. The maximum atomic E-state index is 9.84. The molecule has 1 aliphatic rings. The quantitative estimate of drug-likeness (QED) is 0.863. The van der Waals surface area contributed by atoms with Crippen molar-refractivity contribution in [1.29, 1.82) is 5.26 Å². The van der Waals surface area contributed by atoms with Crippen LogP contribution in [0.4, 0.5) is 0 Å². The van der Waals surface area contributed by atoms with Gasteiger partial charge in [-0.1, -0.05) is 30.3 Å². The molecule has 0 bridgehead atoms. The van der Waals surface area contributed by atoms with Crippen molar-refractivity contribution in [3.05, 3.63) is 59.7 Å². The first kappa shape index (κ1) is 13.5. The molecule has 0 aliphatic carbocycles. The number of fused-ring (bicyclic) bond motifs is 1. The Morgan fingerprint density at radius 3 is 2.90 bits per heavy atom. The average Bonchev–Trinajstić information content (AvgIpc) is 2.55. The molecule has 0 fully saturated rings. The van der Waals surface area contributed by atoms with Crippen LogP contribution in [0.1, 0.15) is 17.5 Å². The van der Waals surface area contributed by atoms with Gasteiger partial charge in [0.05, 0.1) is 25.2 Å². The largest absolute Gasteiger partial charge is 0.497 e. The summed E-state index contributed by atoms with van der Waals surface area (Å²) in [4.78, 5) is 0. The van der Waals surface area contributed by atoms with Crippen LogP contribution in [0.25, 0.3) is 0 Å². The van der Waals surface area contributed by atoms with Gasteiger partial charge in [0.25, 0.3) is 0 Å². The number of hydrogen-bond acceptors (Lipinski definition) is 3. The Bertz CT molecular complexity index is 690. The van der Waals surface area contributed by atoms with Crippen molar-refractivity contribution in [3.8, 4) is 17.6 Å². The highest BCUT2D eigenvalue weighted by atomic mass is 16.5. The van der Waals surface area contributed by atoms with E-state index in [0.717, 1.165) is 22.6 Å². The predicted molar refractivity (Wildman–Crippen MR) is 80.5 cm³/mol. The molecular formula is C18H17NO2. The van der Waals surface area contributed by atoms with Crippen molar-refractivity contribution in [1.82, 2.24) is 0 Å². The van der Waals surface area contributed by atoms with Crippen molar-refractivity contribution < 1.29 is 9.47 Å². The normalized spacial score (nSPS) is 20.0. The summed E-state index contributed by atoms with van der Waals surface area (Å²) < 4.78 is 11.0. The number of para-hydroxylation sites is 1. The number of nitrogens with zero attached hydrogens (tertiary/aromatic N) is 1. The van der Waals surface area contributed by atoms with E-state index in [1.54, 1.807) is 7.11 Å². The number of methoxy groups -OCH3 is 1. The topological polar surface area (TPSA) is 42.2 Å². The summed E-state index contributed by atoms with van der Waals surface area (Å²) in [5, 5.41) is 9.84. The highest BCUT2D eigenvalue weighted by molar-refractivity contribution is 5.47. The summed E-state index contributed by atoms with van der Waals surface area (Å²) in [6.07, 6.45) is 1.37. The molecule has 0 saturated heterocycles. The van der Waals surface area contributed by atoms with Crippen LogP contribution < -0.4 is 9.47 Å². The van der Waals surface area contributed by atoms with Crippen LogP contribution in [0.3, 0.4) is 0 Å². The molecule has 3 nitrogen and oxygen atoms in total. The van der Waals surface area contributed by atoms with Gasteiger partial charge in [-0.25, -0.2) is 0 Å². The van der Waals surface area contributed by atoms with Crippen molar-refractivity contribution in [3.63, 3.8) is 0 Å². The number of benzene rings is 2. The van der Waals surface area contributed by atoms with E-state index in [1.807, 2.05) is 48.5 Å². The van der Waals surface area contributed by atoms with Crippen LogP contribution in [0.15, 0.2) is 48.5 Å². The fraction of sp³-hybridized carbons (Fsp3) is 0.278. The van der Waals surface area contributed by atoms with Gasteiger partial charge in [0.15, 0.2) is 0 Å². The molecule has 21 heavy (non-hydrogen) atoms. The zero-order valence-electron chi connectivity index (χ0n) is 12.0. The van der Waals surface area contributed by atoms with Crippen LogP contribution in [0.2, 0.25) is 0 Å². The Morgan fingerprint density at radius 1 is 1.24 bits per heavy atom. The van der Waals surface area contributed by atoms with E-state index in [0.29, 0.717) is 19.4 Å². The number of nitriles is 1.